The summed E-state index contributed by atoms with van der Waals surface area (Å²) in [6, 6.07) is 7.84. The van der Waals surface area contributed by atoms with Gasteiger partial charge < -0.3 is 10.3 Å². The number of aryl methyl sites for hydroxylation is 1. The Hall–Kier alpha value is -2.77. The lowest BCUT2D eigenvalue weighted by Crippen LogP contribution is -2.28. The molecule has 1 aromatic carbocycles. The predicted octanol–water partition coefficient (Wildman–Crippen LogP) is -0.0122. The molecular formula is C13H15N7O. The molecule has 0 aliphatic heterocycles. The maximum atomic E-state index is 11.8. The molecule has 2 aromatic heterocycles. The van der Waals surface area contributed by atoms with Crippen LogP contribution in [0.1, 0.15) is 11.6 Å². The first-order valence-electron chi connectivity index (χ1n) is 6.64. The average Bonchev–Trinajstić information content (AvgIpc) is 3.05. The van der Waals surface area contributed by atoms with Gasteiger partial charge in [0.25, 0.3) is 0 Å². The molecule has 0 aliphatic rings. The van der Waals surface area contributed by atoms with E-state index in [2.05, 4.69) is 30.8 Å². The van der Waals surface area contributed by atoms with Gasteiger partial charge in [0.1, 0.15) is 5.82 Å². The number of rotatable bonds is 5. The second-order valence-electron chi connectivity index (χ2n) is 4.70. The number of carbonyl (C=O) groups is 1. The van der Waals surface area contributed by atoms with Gasteiger partial charge >= 0.3 is 0 Å². The van der Waals surface area contributed by atoms with Gasteiger partial charge in [-0.25, -0.2) is 9.67 Å². The summed E-state index contributed by atoms with van der Waals surface area (Å²) < 4.78 is 1.48. The quantitative estimate of drug-likeness (QED) is 0.686. The molecule has 21 heavy (non-hydrogen) atoms. The van der Waals surface area contributed by atoms with Crippen molar-refractivity contribution in [2.75, 3.05) is 6.54 Å². The van der Waals surface area contributed by atoms with Crippen LogP contribution in [-0.4, -0.2) is 42.6 Å². The van der Waals surface area contributed by atoms with Crippen molar-refractivity contribution in [2.24, 2.45) is 7.05 Å². The summed E-state index contributed by atoms with van der Waals surface area (Å²) >= 11 is 0. The highest BCUT2D eigenvalue weighted by atomic mass is 16.1. The van der Waals surface area contributed by atoms with Crippen LogP contribution in [-0.2, 0) is 24.7 Å². The van der Waals surface area contributed by atoms with Crippen molar-refractivity contribution in [2.45, 2.75) is 12.8 Å². The van der Waals surface area contributed by atoms with Crippen LogP contribution in [0.3, 0.4) is 0 Å². The van der Waals surface area contributed by atoms with Crippen LogP contribution in [0.2, 0.25) is 0 Å². The van der Waals surface area contributed by atoms with Gasteiger partial charge in [-0.1, -0.05) is 12.1 Å². The molecule has 0 atom stereocenters. The molecule has 108 valence electrons. The molecule has 0 spiro atoms. The summed E-state index contributed by atoms with van der Waals surface area (Å²) in [6.07, 6.45) is 0.821. The lowest BCUT2D eigenvalue weighted by molar-refractivity contribution is -0.120. The number of amides is 1. The van der Waals surface area contributed by atoms with Crippen LogP contribution in [0, 0.1) is 0 Å². The number of tetrazole rings is 1. The first kappa shape index (κ1) is 13.2. The lowest BCUT2D eigenvalue weighted by atomic mass is 10.3. The normalized spacial score (nSPS) is 10.9. The largest absolute Gasteiger partial charge is 0.355 e. The number of fused-ring (bicyclic) bond motifs is 1. The number of aromatic nitrogens is 6. The molecule has 0 aliphatic carbocycles. The third-order valence-corrected chi connectivity index (χ3v) is 3.15. The summed E-state index contributed by atoms with van der Waals surface area (Å²) in [7, 11) is 1.71. The molecule has 0 saturated carbocycles. The number of benzene rings is 1. The van der Waals surface area contributed by atoms with Gasteiger partial charge in [-0.3, -0.25) is 4.79 Å². The Balaban J connectivity index is 1.51. The molecule has 0 bridgehead atoms. The van der Waals surface area contributed by atoms with Crippen molar-refractivity contribution in [1.29, 1.82) is 0 Å². The van der Waals surface area contributed by atoms with Gasteiger partial charge in [-0.05, 0) is 22.6 Å². The third-order valence-electron chi connectivity index (χ3n) is 3.15. The van der Waals surface area contributed by atoms with Crippen molar-refractivity contribution in [1.82, 2.24) is 35.5 Å². The van der Waals surface area contributed by atoms with E-state index in [4.69, 9.17) is 0 Å². The fraction of sp³-hybridized carbons (Fsp3) is 0.308. The molecule has 3 rings (SSSR count). The van der Waals surface area contributed by atoms with E-state index in [0.29, 0.717) is 18.8 Å². The standard InChI is InChI=1S/C13H15N7O/c1-20-12(17-18-19-20)8-13(21)14-7-6-11-15-9-4-2-3-5-10(9)16-11/h2-5H,6-8H2,1H3,(H,14,21)(H,15,16). The number of H-pyrrole nitrogens is 1. The van der Waals surface area contributed by atoms with Crippen molar-refractivity contribution in [3.05, 3.63) is 35.9 Å². The molecule has 3 aromatic rings. The van der Waals surface area contributed by atoms with E-state index in [1.165, 1.54) is 4.68 Å². The van der Waals surface area contributed by atoms with Gasteiger partial charge in [0.05, 0.1) is 17.5 Å². The highest BCUT2D eigenvalue weighted by Crippen LogP contribution is 2.10. The number of aromatic amines is 1. The number of hydrogen-bond donors (Lipinski definition) is 2. The van der Waals surface area contributed by atoms with Gasteiger partial charge in [-0.2, -0.15) is 0 Å². The summed E-state index contributed by atoms with van der Waals surface area (Å²) in [5, 5.41) is 13.8. The Labute approximate surface area is 120 Å². The van der Waals surface area contributed by atoms with Crippen LogP contribution in [0.5, 0.6) is 0 Å². The summed E-state index contributed by atoms with van der Waals surface area (Å²) in [4.78, 5) is 19.5. The van der Waals surface area contributed by atoms with E-state index in [-0.39, 0.29) is 12.3 Å². The monoisotopic (exact) mass is 285 g/mol. The highest BCUT2D eigenvalue weighted by molar-refractivity contribution is 5.77. The number of carbonyl (C=O) groups excluding carboxylic acids is 1. The minimum Gasteiger partial charge on any atom is -0.355 e. The van der Waals surface area contributed by atoms with Crippen LogP contribution >= 0.6 is 0 Å². The molecule has 8 nitrogen and oxygen atoms in total. The van der Waals surface area contributed by atoms with Gasteiger partial charge in [0.2, 0.25) is 5.91 Å². The average molecular weight is 285 g/mol. The molecule has 0 saturated heterocycles. The van der Waals surface area contributed by atoms with Crippen LogP contribution in [0.4, 0.5) is 0 Å². The second kappa shape index (κ2) is 5.70. The molecule has 2 N–H and O–H groups in total. The number of imidazole rings is 1. The molecule has 2 heterocycles. The van der Waals surface area contributed by atoms with E-state index >= 15 is 0 Å². The number of para-hydroxylation sites is 2. The van der Waals surface area contributed by atoms with Crippen LogP contribution in [0.15, 0.2) is 24.3 Å². The topological polar surface area (TPSA) is 101 Å². The van der Waals surface area contributed by atoms with Crippen LogP contribution in [0.25, 0.3) is 11.0 Å². The van der Waals surface area contributed by atoms with Crippen molar-refractivity contribution < 1.29 is 4.79 Å². The molecule has 8 heteroatoms. The Morgan fingerprint density at radius 2 is 2.24 bits per heavy atom. The van der Waals surface area contributed by atoms with E-state index in [1.807, 2.05) is 24.3 Å². The third kappa shape index (κ3) is 3.04. The second-order valence-corrected chi connectivity index (χ2v) is 4.70. The van der Waals surface area contributed by atoms with Crippen molar-refractivity contribution in [3.8, 4) is 0 Å². The highest BCUT2D eigenvalue weighted by Gasteiger charge is 2.09. The van der Waals surface area contributed by atoms with E-state index < -0.39 is 0 Å². The molecular weight excluding hydrogens is 270 g/mol. The van der Waals surface area contributed by atoms with E-state index in [1.54, 1.807) is 7.05 Å². The molecule has 0 radical (unpaired) electrons. The van der Waals surface area contributed by atoms with Crippen molar-refractivity contribution >= 4 is 16.9 Å². The lowest BCUT2D eigenvalue weighted by Gasteiger charge is -2.02. The number of nitrogens with zero attached hydrogens (tertiary/aromatic N) is 5. The minimum atomic E-state index is -0.107. The Kier molecular flexibility index (Phi) is 3.59. The zero-order valence-corrected chi connectivity index (χ0v) is 11.6. The number of hydrogen-bond acceptors (Lipinski definition) is 5. The zero-order chi connectivity index (χ0) is 14.7. The summed E-state index contributed by atoms with van der Waals surface area (Å²) in [6.45, 7) is 0.518. The summed E-state index contributed by atoms with van der Waals surface area (Å²) in [5.41, 5.74) is 1.94. The Bertz CT molecular complexity index is 728. The van der Waals surface area contributed by atoms with Crippen LogP contribution < -0.4 is 5.32 Å². The van der Waals surface area contributed by atoms with Crippen molar-refractivity contribution in [3.63, 3.8) is 0 Å². The Morgan fingerprint density at radius 1 is 1.38 bits per heavy atom. The van der Waals surface area contributed by atoms with Gasteiger partial charge in [0, 0.05) is 20.0 Å². The Morgan fingerprint density at radius 3 is 3.00 bits per heavy atom. The SMILES string of the molecule is Cn1nnnc1CC(=O)NCCc1nc2ccccc2[nH]1. The first-order valence-corrected chi connectivity index (χ1v) is 6.64. The fourth-order valence-corrected chi connectivity index (χ4v) is 2.05. The maximum absolute atomic E-state index is 11.8. The predicted molar refractivity (Wildman–Crippen MR) is 75.3 cm³/mol. The van der Waals surface area contributed by atoms with E-state index in [0.717, 1.165) is 16.9 Å². The minimum absolute atomic E-state index is 0.107. The smallest absolute Gasteiger partial charge is 0.227 e. The first-order chi connectivity index (χ1) is 10.2. The molecule has 0 fully saturated rings. The van der Waals surface area contributed by atoms with E-state index in [9.17, 15) is 4.79 Å². The molecule has 0 unspecified atom stereocenters. The van der Waals surface area contributed by atoms with Gasteiger partial charge in [0.15, 0.2) is 5.82 Å². The maximum Gasteiger partial charge on any atom is 0.227 e. The molecule has 1 amide bonds. The fourth-order valence-electron chi connectivity index (χ4n) is 2.05. The number of nitrogens with one attached hydrogen (secondary N) is 2. The zero-order valence-electron chi connectivity index (χ0n) is 11.6. The summed E-state index contributed by atoms with van der Waals surface area (Å²) in [5.74, 6) is 1.29. The van der Waals surface area contributed by atoms with Gasteiger partial charge in [-0.15, -0.1) is 5.10 Å².